The second-order valence-corrected chi connectivity index (χ2v) is 6.39. The Kier molecular flexibility index (Phi) is 5.27. The molecular weight excluding hydrogens is 292 g/mol. The van der Waals surface area contributed by atoms with Crippen LogP contribution in [0.5, 0.6) is 0 Å². The topological polar surface area (TPSA) is 16.1 Å². The van der Waals surface area contributed by atoms with Crippen LogP contribution in [0.1, 0.15) is 22.6 Å². The van der Waals surface area contributed by atoms with Crippen molar-refractivity contribution in [3.8, 4) is 0 Å². The fraction of sp³-hybridized carbons (Fsp3) is 0.227. The minimum Gasteiger partial charge on any atom is -0.374 e. The molecule has 0 fully saturated rings. The standard InChI is InChI=1S/C22H24N2/c1-18-10-12-20(13-11-18)21(15-19-7-6-14-23-16-19)17-24(2)22-8-4-3-5-9-22/h3-14,16,21H,15,17H2,1-2H3. The zero-order valence-corrected chi connectivity index (χ0v) is 14.4. The largest absolute Gasteiger partial charge is 0.374 e. The van der Waals surface area contributed by atoms with Crippen LogP contribution in [-0.4, -0.2) is 18.6 Å². The van der Waals surface area contributed by atoms with E-state index in [1.54, 1.807) is 0 Å². The van der Waals surface area contributed by atoms with Gasteiger partial charge in [0.05, 0.1) is 0 Å². The number of pyridine rings is 1. The normalized spacial score (nSPS) is 11.9. The molecule has 24 heavy (non-hydrogen) atoms. The first-order valence-electron chi connectivity index (χ1n) is 8.44. The number of aromatic nitrogens is 1. The highest BCUT2D eigenvalue weighted by Gasteiger charge is 2.15. The molecule has 2 heteroatoms. The molecule has 0 saturated carbocycles. The number of nitrogens with zero attached hydrogens (tertiary/aromatic N) is 2. The van der Waals surface area contributed by atoms with E-state index >= 15 is 0 Å². The van der Waals surface area contributed by atoms with E-state index in [1.807, 2.05) is 18.5 Å². The molecule has 0 radical (unpaired) electrons. The van der Waals surface area contributed by atoms with Crippen LogP contribution in [0.2, 0.25) is 0 Å². The number of hydrogen-bond acceptors (Lipinski definition) is 2. The lowest BCUT2D eigenvalue weighted by Gasteiger charge is -2.26. The van der Waals surface area contributed by atoms with E-state index in [-0.39, 0.29) is 0 Å². The molecule has 2 nitrogen and oxygen atoms in total. The summed E-state index contributed by atoms with van der Waals surface area (Å²) < 4.78 is 0. The van der Waals surface area contributed by atoms with Crippen LogP contribution in [0.3, 0.4) is 0 Å². The van der Waals surface area contributed by atoms with Crippen molar-refractivity contribution >= 4 is 5.69 Å². The average molecular weight is 316 g/mol. The monoisotopic (exact) mass is 316 g/mol. The lowest BCUT2D eigenvalue weighted by molar-refractivity contribution is 0.667. The molecule has 1 heterocycles. The van der Waals surface area contributed by atoms with Crippen LogP contribution >= 0.6 is 0 Å². The Morgan fingerprint density at radius 2 is 1.67 bits per heavy atom. The van der Waals surface area contributed by atoms with E-state index < -0.39 is 0 Å². The number of anilines is 1. The Labute approximate surface area is 144 Å². The van der Waals surface area contributed by atoms with Gasteiger partial charge in [0.15, 0.2) is 0 Å². The maximum Gasteiger partial charge on any atom is 0.0363 e. The Morgan fingerprint density at radius 1 is 0.917 bits per heavy atom. The van der Waals surface area contributed by atoms with Crippen LogP contribution in [0.4, 0.5) is 5.69 Å². The lowest BCUT2D eigenvalue weighted by atomic mass is 9.91. The van der Waals surface area contributed by atoms with Crippen LogP contribution in [0.15, 0.2) is 79.1 Å². The van der Waals surface area contributed by atoms with E-state index in [2.05, 4.69) is 84.5 Å². The molecule has 0 spiro atoms. The molecule has 0 N–H and O–H groups in total. The number of benzene rings is 2. The van der Waals surface area contributed by atoms with E-state index in [9.17, 15) is 0 Å². The number of para-hydroxylation sites is 1. The average Bonchev–Trinajstić information content (AvgIpc) is 2.63. The smallest absolute Gasteiger partial charge is 0.0363 e. The number of aryl methyl sites for hydroxylation is 1. The zero-order valence-electron chi connectivity index (χ0n) is 14.4. The highest BCUT2D eigenvalue weighted by molar-refractivity contribution is 5.46. The summed E-state index contributed by atoms with van der Waals surface area (Å²) in [6.07, 6.45) is 4.80. The molecule has 1 atom stereocenters. The predicted octanol–water partition coefficient (Wildman–Crippen LogP) is 4.85. The molecule has 1 aromatic heterocycles. The summed E-state index contributed by atoms with van der Waals surface area (Å²) in [5.41, 5.74) is 5.22. The summed E-state index contributed by atoms with van der Waals surface area (Å²) in [5, 5.41) is 0. The molecule has 0 aliphatic carbocycles. The van der Waals surface area contributed by atoms with Gasteiger partial charge in [0.1, 0.15) is 0 Å². The summed E-state index contributed by atoms with van der Waals surface area (Å²) in [6.45, 7) is 3.11. The van der Waals surface area contributed by atoms with Gasteiger partial charge in [-0.15, -0.1) is 0 Å². The molecule has 3 aromatic rings. The van der Waals surface area contributed by atoms with Crippen molar-refractivity contribution in [3.63, 3.8) is 0 Å². The third kappa shape index (κ3) is 4.23. The van der Waals surface area contributed by atoms with Gasteiger partial charge >= 0.3 is 0 Å². The highest BCUT2D eigenvalue weighted by atomic mass is 15.1. The van der Waals surface area contributed by atoms with Crippen molar-refractivity contribution < 1.29 is 0 Å². The molecule has 0 aliphatic rings. The zero-order chi connectivity index (χ0) is 16.8. The Hall–Kier alpha value is -2.61. The first-order chi connectivity index (χ1) is 11.7. The molecule has 0 saturated heterocycles. The van der Waals surface area contributed by atoms with Crippen LogP contribution < -0.4 is 4.90 Å². The fourth-order valence-electron chi connectivity index (χ4n) is 3.05. The number of hydrogen-bond donors (Lipinski definition) is 0. The van der Waals surface area contributed by atoms with E-state index in [4.69, 9.17) is 0 Å². The quantitative estimate of drug-likeness (QED) is 0.646. The van der Waals surface area contributed by atoms with E-state index in [1.165, 1.54) is 22.4 Å². The second kappa shape index (κ2) is 7.78. The van der Waals surface area contributed by atoms with Gasteiger partial charge in [-0.3, -0.25) is 4.98 Å². The summed E-state index contributed by atoms with van der Waals surface area (Å²) >= 11 is 0. The fourth-order valence-corrected chi connectivity index (χ4v) is 3.05. The van der Waals surface area contributed by atoms with Crippen molar-refractivity contribution in [1.82, 2.24) is 4.98 Å². The van der Waals surface area contributed by atoms with Crippen molar-refractivity contribution in [2.45, 2.75) is 19.3 Å². The third-order valence-corrected chi connectivity index (χ3v) is 4.44. The molecule has 0 amide bonds. The van der Waals surface area contributed by atoms with Crippen LogP contribution in [0.25, 0.3) is 0 Å². The van der Waals surface area contributed by atoms with Gasteiger partial charge in [0.2, 0.25) is 0 Å². The Morgan fingerprint density at radius 3 is 2.33 bits per heavy atom. The molecular formula is C22H24N2. The Balaban J connectivity index is 1.82. The molecule has 1 unspecified atom stereocenters. The van der Waals surface area contributed by atoms with Gasteiger partial charge in [-0.05, 0) is 42.7 Å². The van der Waals surface area contributed by atoms with E-state index in [0.717, 1.165) is 13.0 Å². The molecule has 0 bridgehead atoms. The molecule has 122 valence electrons. The van der Waals surface area contributed by atoms with Crippen molar-refractivity contribution in [2.75, 3.05) is 18.5 Å². The summed E-state index contributed by atoms with van der Waals surface area (Å²) in [5.74, 6) is 0.431. The summed E-state index contributed by atoms with van der Waals surface area (Å²) in [4.78, 5) is 6.60. The first kappa shape index (κ1) is 16.3. The van der Waals surface area contributed by atoms with Crippen LogP contribution in [0, 0.1) is 6.92 Å². The highest BCUT2D eigenvalue weighted by Crippen LogP contribution is 2.24. The SMILES string of the molecule is Cc1ccc(C(Cc2cccnc2)CN(C)c2ccccc2)cc1. The van der Waals surface area contributed by atoms with Crippen molar-refractivity contribution in [1.29, 1.82) is 0 Å². The van der Waals surface area contributed by atoms with Gasteiger partial charge in [-0.2, -0.15) is 0 Å². The Bertz CT molecular complexity index is 736. The van der Waals surface area contributed by atoms with Crippen molar-refractivity contribution in [2.24, 2.45) is 0 Å². The van der Waals surface area contributed by atoms with Gasteiger partial charge < -0.3 is 4.90 Å². The number of likely N-dealkylation sites (N-methyl/N-ethyl adjacent to an activating group) is 1. The third-order valence-electron chi connectivity index (χ3n) is 4.44. The molecule has 0 aliphatic heterocycles. The maximum absolute atomic E-state index is 4.27. The van der Waals surface area contributed by atoms with Gasteiger partial charge in [-0.25, -0.2) is 0 Å². The van der Waals surface area contributed by atoms with Crippen LogP contribution in [-0.2, 0) is 6.42 Å². The number of rotatable bonds is 6. The van der Waals surface area contributed by atoms with Gasteiger partial charge in [0.25, 0.3) is 0 Å². The van der Waals surface area contributed by atoms with E-state index in [0.29, 0.717) is 5.92 Å². The van der Waals surface area contributed by atoms with Crippen molar-refractivity contribution in [3.05, 3.63) is 95.8 Å². The second-order valence-electron chi connectivity index (χ2n) is 6.39. The maximum atomic E-state index is 4.27. The molecule has 3 rings (SSSR count). The van der Waals surface area contributed by atoms with Gasteiger partial charge in [0, 0.05) is 37.6 Å². The minimum absolute atomic E-state index is 0.431. The summed E-state index contributed by atoms with van der Waals surface area (Å²) in [7, 11) is 2.17. The predicted molar refractivity (Wildman–Crippen MR) is 102 cm³/mol. The lowest BCUT2D eigenvalue weighted by Crippen LogP contribution is -2.25. The molecule has 2 aromatic carbocycles. The van der Waals surface area contributed by atoms with Gasteiger partial charge in [-0.1, -0.05) is 54.1 Å². The summed E-state index contributed by atoms with van der Waals surface area (Å²) in [6, 6.07) is 23.7. The minimum atomic E-state index is 0.431. The first-order valence-corrected chi connectivity index (χ1v) is 8.44.